The second-order valence-corrected chi connectivity index (χ2v) is 9.33. The number of nitrogens with one attached hydrogen (secondary N) is 2. The number of carbonyl (C=O) groups excluding carboxylic acids is 4. The summed E-state index contributed by atoms with van der Waals surface area (Å²) in [5, 5.41) is 5.00. The number of rotatable bonds is 8. The van der Waals surface area contributed by atoms with Gasteiger partial charge < -0.3 is 15.4 Å². The van der Waals surface area contributed by atoms with Crippen LogP contribution < -0.4 is 15.4 Å². The van der Waals surface area contributed by atoms with E-state index in [1.165, 1.54) is 0 Å². The van der Waals surface area contributed by atoms with E-state index < -0.39 is 17.1 Å². The first-order valence-electron chi connectivity index (χ1n) is 11.5. The van der Waals surface area contributed by atoms with E-state index in [4.69, 9.17) is 4.74 Å². The highest BCUT2D eigenvalue weighted by Gasteiger charge is 2.36. The predicted octanol–water partition coefficient (Wildman–Crippen LogP) is 5.00. The fourth-order valence-electron chi connectivity index (χ4n) is 3.54. The van der Waals surface area contributed by atoms with Crippen LogP contribution >= 0.6 is 11.8 Å². The van der Waals surface area contributed by atoms with E-state index >= 15 is 0 Å². The van der Waals surface area contributed by atoms with Gasteiger partial charge >= 0.3 is 0 Å². The Morgan fingerprint density at radius 3 is 2.35 bits per heavy atom. The minimum atomic E-state index is -0.526. The first-order chi connectivity index (χ1) is 17.8. The molecule has 188 valence electrons. The Kier molecular flexibility index (Phi) is 8.05. The van der Waals surface area contributed by atoms with Crippen molar-refractivity contribution in [2.45, 2.75) is 13.8 Å². The second-order valence-electron chi connectivity index (χ2n) is 8.34. The minimum Gasteiger partial charge on any atom is -0.484 e. The summed E-state index contributed by atoms with van der Waals surface area (Å²) in [7, 11) is 0. The molecule has 0 atom stereocenters. The number of thioether (sulfide) groups is 1. The lowest BCUT2D eigenvalue weighted by Gasteiger charge is -2.12. The number of hydrogen-bond acceptors (Lipinski definition) is 6. The average Bonchev–Trinajstić information content (AvgIpc) is 3.14. The molecule has 1 aliphatic heterocycles. The maximum atomic E-state index is 12.7. The zero-order chi connectivity index (χ0) is 26.4. The quantitative estimate of drug-likeness (QED) is 0.409. The largest absolute Gasteiger partial charge is 0.484 e. The molecule has 0 bridgehead atoms. The Bertz CT molecular complexity index is 1370. The van der Waals surface area contributed by atoms with Gasteiger partial charge in [0.15, 0.2) is 6.61 Å². The Hall–Kier alpha value is -4.37. The van der Waals surface area contributed by atoms with Gasteiger partial charge in [-0.25, -0.2) is 0 Å². The molecule has 2 N–H and O–H groups in total. The Labute approximate surface area is 218 Å². The zero-order valence-corrected chi connectivity index (χ0v) is 21.1. The smallest absolute Gasteiger partial charge is 0.294 e. The van der Waals surface area contributed by atoms with E-state index in [1.807, 2.05) is 38.1 Å². The van der Waals surface area contributed by atoms with Gasteiger partial charge in [-0.2, -0.15) is 0 Å². The molecule has 8 nitrogen and oxygen atoms in total. The van der Waals surface area contributed by atoms with Crippen molar-refractivity contribution in [1.82, 2.24) is 4.90 Å². The molecule has 1 fully saturated rings. The molecule has 3 aromatic rings. The summed E-state index contributed by atoms with van der Waals surface area (Å²) in [6, 6.07) is 21.3. The number of carbonyl (C=O) groups is 4. The van der Waals surface area contributed by atoms with Crippen LogP contribution in [0, 0.1) is 13.8 Å². The third-order valence-corrected chi connectivity index (χ3v) is 6.57. The topological polar surface area (TPSA) is 105 Å². The van der Waals surface area contributed by atoms with Gasteiger partial charge in [0.2, 0.25) is 5.91 Å². The standard InChI is InChI=1S/C28H25N3O5S/c1-18-7-6-10-23(19(18)2)30-26(33)17-36-22-13-11-20(12-14-22)15-24-27(34)31(28(35)37-24)16-25(32)29-21-8-4-3-5-9-21/h3-15H,16-17H2,1-2H3,(H,29,32)(H,30,33)/b24-15-. The van der Waals surface area contributed by atoms with Crippen molar-refractivity contribution in [3.63, 3.8) is 0 Å². The highest BCUT2D eigenvalue weighted by molar-refractivity contribution is 8.18. The Balaban J connectivity index is 1.31. The molecule has 1 heterocycles. The molecule has 0 unspecified atom stereocenters. The minimum absolute atomic E-state index is 0.156. The van der Waals surface area contributed by atoms with E-state index in [2.05, 4.69) is 10.6 Å². The number of imide groups is 1. The number of benzene rings is 3. The molecule has 37 heavy (non-hydrogen) atoms. The van der Waals surface area contributed by atoms with Crippen LogP contribution in [-0.4, -0.2) is 41.0 Å². The van der Waals surface area contributed by atoms with Crippen molar-refractivity contribution in [3.05, 3.63) is 94.4 Å². The van der Waals surface area contributed by atoms with E-state index in [0.717, 1.165) is 33.5 Å². The molecule has 0 aromatic heterocycles. The van der Waals surface area contributed by atoms with Gasteiger partial charge in [-0.3, -0.25) is 24.1 Å². The lowest BCUT2D eigenvalue weighted by molar-refractivity contribution is -0.127. The normalized spacial score (nSPS) is 14.1. The fraction of sp³-hybridized carbons (Fsp3) is 0.143. The molecule has 1 aliphatic rings. The van der Waals surface area contributed by atoms with Crippen LogP contribution in [0.2, 0.25) is 0 Å². The molecule has 9 heteroatoms. The maximum absolute atomic E-state index is 12.7. The number of hydrogen-bond donors (Lipinski definition) is 2. The van der Waals surface area contributed by atoms with E-state index in [0.29, 0.717) is 17.0 Å². The highest BCUT2D eigenvalue weighted by atomic mass is 32.2. The predicted molar refractivity (Wildman–Crippen MR) is 144 cm³/mol. The zero-order valence-electron chi connectivity index (χ0n) is 20.3. The van der Waals surface area contributed by atoms with Gasteiger partial charge in [-0.05, 0) is 78.7 Å². The summed E-state index contributed by atoms with van der Waals surface area (Å²) in [4.78, 5) is 50.7. The fourth-order valence-corrected chi connectivity index (χ4v) is 4.37. The molecule has 3 aromatic carbocycles. The third-order valence-electron chi connectivity index (χ3n) is 5.66. The van der Waals surface area contributed by atoms with E-state index in [-0.39, 0.29) is 24.0 Å². The van der Waals surface area contributed by atoms with Crippen molar-refractivity contribution < 1.29 is 23.9 Å². The first kappa shape index (κ1) is 25.7. The second kappa shape index (κ2) is 11.6. The van der Waals surface area contributed by atoms with Gasteiger partial charge in [0.05, 0.1) is 4.91 Å². The average molecular weight is 516 g/mol. The van der Waals surface area contributed by atoms with Crippen molar-refractivity contribution in [1.29, 1.82) is 0 Å². The van der Waals surface area contributed by atoms with Crippen LogP contribution in [0.25, 0.3) is 6.08 Å². The monoisotopic (exact) mass is 515 g/mol. The Morgan fingerprint density at radius 1 is 0.892 bits per heavy atom. The molecule has 4 amide bonds. The summed E-state index contributed by atoms with van der Waals surface area (Å²) >= 11 is 0.781. The van der Waals surface area contributed by atoms with Gasteiger partial charge in [-0.15, -0.1) is 0 Å². The molecule has 0 aliphatic carbocycles. The molecule has 0 radical (unpaired) electrons. The van der Waals surface area contributed by atoms with Gasteiger partial charge in [-0.1, -0.05) is 42.5 Å². The molecule has 0 spiro atoms. The number of para-hydroxylation sites is 1. The molecule has 4 rings (SSSR count). The van der Waals surface area contributed by atoms with Crippen molar-refractivity contribution in [2.75, 3.05) is 23.8 Å². The lowest BCUT2D eigenvalue weighted by Crippen LogP contribution is -2.36. The van der Waals surface area contributed by atoms with E-state index in [9.17, 15) is 19.2 Å². The lowest BCUT2D eigenvalue weighted by atomic mass is 10.1. The van der Waals surface area contributed by atoms with Crippen LogP contribution in [0.3, 0.4) is 0 Å². The molecular formula is C28H25N3O5S. The summed E-state index contributed by atoms with van der Waals surface area (Å²) < 4.78 is 5.57. The van der Waals surface area contributed by atoms with Crippen LogP contribution in [-0.2, 0) is 14.4 Å². The summed E-state index contributed by atoms with van der Waals surface area (Å²) in [6.45, 7) is 3.40. The molecule has 1 saturated heterocycles. The van der Waals surface area contributed by atoms with Crippen LogP contribution in [0.5, 0.6) is 5.75 Å². The third kappa shape index (κ3) is 6.65. The SMILES string of the molecule is Cc1cccc(NC(=O)COc2ccc(/C=C3\SC(=O)N(CC(=O)Nc4ccccc4)C3=O)cc2)c1C. The van der Waals surface area contributed by atoms with Gasteiger partial charge in [0.1, 0.15) is 12.3 Å². The number of ether oxygens (including phenoxy) is 1. The van der Waals surface area contributed by atoms with Crippen LogP contribution in [0.15, 0.2) is 77.7 Å². The number of anilines is 2. The molecule has 0 saturated carbocycles. The Morgan fingerprint density at radius 2 is 1.62 bits per heavy atom. The summed E-state index contributed by atoms with van der Waals surface area (Å²) in [5.74, 6) is -0.777. The van der Waals surface area contributed by atoms with Crippen molar-refractivity contribution in [3.8, 4) is 5.75 Å². The van der Waals surface area contributed by atoms with Crippen molar-refractivity contribution in [2.24, 2.45) is 0 Å². The number of nitrogens with zero attached hydrogens (tertiary/aromatic N) is 1. The van der Waals surface area contributed by atoms with Gasteiger partial charge in [0, 0.05) is 11.4 Å². The highest BCUT2D eigenvalue weighted by Crippen LogP contribution is 2.32. The first-order valence-corrected chi connectivity index (χ1v) is 12.3. The van der Waals surface area contributed by atoms with Crippen molar-refractivity contribution >= 4 is 52.2 Å². The van der Waals surface area contributed by atoms with Crippen LogP contribution in [0.1, 0.15) is 16.7 Å². The number of amides is 4. The number of aryl methyl sites for hydroxylation is 1. The summed E-state index contributed by atoms with van der Waals surface area (Å²) in [5.41, 5.74) is 4.09. The van der Waals surface area contributed by atoms with Gasteiger partial charge in [0.25, 0.3) is 17.1 Å². The molecular weight excluding hydrogens is 490 g/mol. The maximum Gasteiger partial charge on any atom is 0.294 e. The van der Waals surface area contributed by atoms with E-state index in [1.54, 1.807) is 54.6 Å². The van der Waals surface area contributed by atoms with Crippen LogP contribution in [0.4, 0.5) is 16.2 Å². The summed E-state index contributed by atoms with van der Waals surface area (Å²) in [6.07, 6.45) is 1.58.